The Balaban J connectivity index is 1.31. The number of ether oxygens (including phenoxy) is 1. The number of amides is 1. The van der Waals surface area contributed by atoms with Gasteiger partial charge in [-0.25, -0.2) is 0 Å². The van der Waals surface area contributed by atoms with Crippen molar-refractivity contribution in [1.29, 1.82) is 0 Å². The molecule has 3 heterocycles. The van der Waals surface area contributed by atoms with Gasteiger partial charge in [-0.05, 0) is 18.9 Å². The fourth-order valence-corrected chi connectivity index (χ4v) is 4.22. The van der Waals surface area contributed by atoms with Crippen molar-refractivity contribution in [3.63, 3.8) is 0 Å². The molecule has 0 aromatic carbocycles. The van der Waals surface area contributed by atoms with E-state index in [-0.39, 0.29) is 12.0 Å². The molecule has 0 unspecified atom stereocenters. The van der Waals surface area contributed by atoms with Crippen molar-refractivity contribution in [3.05, 3.63) is 17.5 Å². The summed E-state index contributed by atoms with van der Waals surface area (Å²) in [5.41, 5.74) is 2.22. The van der Waals surface area contributed by atoms with Crippen LogP contribution in [0.2, 0.25) is 0 Å². The number of fused-ring (bicyclic) bond motifs is 1. The number of hydrogen-bond donors (Lipinski definition) is 2. The maximum absolute atomic E-state index is 12.2. The van der Waals surface area contributed by atoms with Crippen molar-refractivity contribution >= 4 is 5.91 Å². The molecule has 3 aliphatic rings. The SMILES string of the molecule is O=C(NCc1cc2n(n1)CCN(C1CCCCC1)C2)[C@H]1CNCCO1. The lowest BCUT2D eigenvalue weighted by Crippen LogP contribution is -2.47. The van der Waals surface area contributed by atoms with Gasteiger partial charge < -0.3 is 15.4 Å². The van der Waals surface area contributed by atoms with Crippen molar-refractivity contribution in [2.45, 2.75) is 63.9 Å². The molecule has 1 atom stereocenters. The third-order valence-electron chi connectivity index (χ3n) is 5.63. The van der Waals surface area contributed by atoms with Crippen LogP contribution in [0, 0.1) is 0 Å². The highest BCUT2D eigenvalue weighted by molar-refractivity contribution is 5.81. The van der Waals surface area contributed by atoms with Crippen LogP contribution in [0.25, 0.3) is 0 Å². The van der Waals surface area contributed by atoms with E-state index in [4.69, 9.17) is 4.74 Å². The van der Waals surface area contributed by atoms with Gasteiger partial charge >= 0.3 is 0 Å². The number of rotatable bonds is 4. The Bertz CT molecular complexity index is 590. The van der Waals surface area contributed by atoms with E-state index in [2.05, 4.69) is 31.4 Å². The Kier molecular flexibility index (Phi) is 5.33. The molecule has 2 N–H and O–H groups in total. The number of aromatic nitrogens is 2. The quantitative estimate of drug-likeness (QED) is 0.836. The van der Waals surface area contributed by atoms with Crippen LogP contribution in [-0.4, -0.2) is 59.0 Å². The predicted octanol–water partition coefficient (Wildman–Crippen LogP) is 0.636. The highest BCUT2D eigenvalue weighted by atomic mass is 16.5. The third kappa shape index (κ3) is 4.04. The smallest absolute Gasteiger partial charge is 0.250 e. The average Bonchev–Trinajstić information content (AvgIpc) is 3.09. The number of carbonyl (C=O) groups excluding carboxylic acids is 1. The van der Waals surface area contributed by atoms with Gasteiger partial charge in [-0.1, -0.05) is 19.3 Å². The first-order valence-electron chi connectivity index (χ1n) is 9.69. The van der Waals surface area contributed by atoms with Crippen molar-refractivity contribution in [2.75, 3.05) is 26.2 Å². The lowest BCUT2D eigenvalue weighted by molar-refractivity contribution is -0.134. The molecule has 1 aliphatic carbocycles. The number of morpholine rings is 1. The topological polar surface area (TPSA) is 71.4 Å². The summed E-state index contributed by atoms with van der Waals surface area (Å²) < 4.78 is 7.59. The van der Waals surface area contributed by atoms with Crippen LogP contribution >= 0.6 is 0 Å². The van der Waals surface area contributed by atoms with Crippen LogP contribution in [0.3, 0.4) is 0 Å². The first-order chi connectivity index (χ1) is 12.3. The minimum Gasteiger partial charge on any atom is -0.366 e. The van der Waals surface area contributed by atoms with Crippen molar-refractivity contribution in [2.24, 2.45) is 0 Å². The molecular weight excluding hydrogens is 318 g/mol. The zero-order chi connectivity index (χ0) is 17.1. The van der Waals surface area contributed by atoms with Gasteiger partial charge in [-0.15, -0.1) is 0 Å². The fraction of sp³-hybridized carbons (Fsp3) is 0.778. The summed E-state index contributed by atoms with van der Waals surface area (Å²) in [5, 5.41) is 10.8. The number of carbonyl (C=O) groups is 1. The van der Waals surface area contributed by atoms with Gasteiger partial charge in [0.1, 0.15) is 6.10 Å². The fourth-order valence-electron chi connectivity index (χ4n) is 4.22. The van der Waals surface area contributed by atoms with Crippen molar-refractivity contribution in [1.82, 2.24) is 25.3 Å². The second kappa shape index (κ2) is 7.85. The van der Waals surface area contributed by atoms with E-state index in [1.165, 1.54) is 37.8 Å². The Morgan fingerprint density at radius 3 is 3.00 bits per heavy atom. The number of nitrogens with zero attached hydrogens (tertiary/aromatic N) is 3. The van der Waals surface area contributed by atoms with E-state index in [0.29, 0.717) is 19.7 Å². The van der Waals surface area contributed by atoms with Crippen LogP contribution in [0.5, 0.6) is 0 Å². The lowest BCUT2D eigenvalue weighted by atomic mass is 9.94. The van der Waals surface area contributed by atoms with Gasteiger partial charge in [0.05, 0.1) is 31.1 Å². The first kappa shape index (κ1) is 17.0. The highest BCUT2D eigenvalue weighted by Gasteiger charge is 2.26. The van der Waals surface area contributed by atoms with Gasteiger partial charge in [-0.3, -0.25) is 14.4 Å². The standard InChI is InChI=1S/C18H29N5O2/c24-18(17-12-19-6-9-25-17)20-11-14-10-16-13-22(7-8-23(16)21-14)15-4-2-1-3-5-15/h10,15,17,19H,1-9,11-13H2,(H,20,24)/t17-/m1/s1. The molecule has 2 aliphatic heterocycles. The van der Waals surface area contributed by atoms with E-state index in [9.17, 15) is 4.79 Å². The molecule has 1 saturated heterocycles. The average molecular weight is 347 g/mol. The number of hydrogen-bond acceptors (Lipinski definition) is 5. The van der Waals surface area contributed by atoms with E-state index in [1.807, 2.05) is 0 Å². The van der Waals surface area contributed by atoms with E-state index in [0.717, 1.165) is 37.9 Å². The Hall–Kier alpha value is -1.44. The van der Waals surface area contributed by atoms with E-state index < -0.39 is 0 Å². The Morgan fingerprint density at radius 2 is 2.20 bits per heavy atom. The molecule has 7 nitrogen and oxygen atoms in total. The van der Waals surface area contributed by atoms with Gasteiger partial charge in [0, 0.05) is 32.2 Å². The second-order valence-corrected chi connectivity index (χ2v) is 7.39. The molecule has 1 saturated carbocycles. The molecule has 2 fully saturated rings. The van der Waals surface area contributed by atoms with Crippen molar-refractivity contribution in [3.8, 4) is 0 Å². The Morgan fingerprint density at radius 1 is 1.32 bits per heavy atom. The molecule has 7 heteroatoms. The molecule has 1 aromatic rings. The summed E-state index contributed by atoms with van der Waals surface area (Å²) in [6.07, 6.45) is 6.43. The molecule has 1 amide bonds. The monoisotopic (exact) mass is 347 g/mol. The van der Waals surface area contributed by atoms with E-state index in [1.54, 1.807) is 0 Å². The van der Waals surface area contributed by atoms with Gasteiger partial charge in [0.25, 0.3) is 5.91 Å². The molecule has 0 radical (unpaired) electrons. The molecule has 138 valence electrons. The van der Waals surface area contributed by atoms with Crippen molar-refractivity contribution < 1.29 is 9.53 Å². The summed E-state index contributed by atoms with van der Waals surface area (Å²) in [5.74, 6) is -0.0537. The summed E-state index contributed by atoms with van der Waals surface area (Å²) >= 11 is 0. The summed E-state index contributed by atoms with van der Waals surface area (Å²) in [4.78, 5) is 14.8. The third-order valence-corrected chi connectivity index (χ3v) is 5.63. The molecule has 1 aromatic heterocycles. The zero-order valence-electron chi connectivity index (χ0n) is 14.9. The normalized spacial score (nSPS) is 25.5. The molecule has 0 spiro atoms. The maximum Gasteiger partial charge on any atom is 0.250 e. The van der Waals surface area contributed by atoms with Crippen LogP contribution in [0.1, 0.15) is 43.5 Å². The Labute approximate surface area is 149 Å². The molecule has 25 heavy (non-hydrogen) atoms. The second-order valence-electron chi connectivity index (χ2n) is 7.39. The largest absolute Gasteiger partial charge is 0.366 e. The first-order valence-corrected chi connectivity index (χ1v) is 9.69. The van der Waals surface area contributed by atoms with Gasteiger partial charge in [-0.2, -0.15) is 5.10 Å². The number of nitrogens with one attached hydrogen (secondary N) is 2. The summed E-state index contributed by atoms with van der Waals surface area (Å²) in [6.45, 7) is 5.50. The lowest BCUT2D eigenvalue weighted by Gasteiger charge is -2.36. The summed E-state index contributed by atoms with van der Waals surface area (Å²) in [6, 6.07) is 2.89. The minimum atomic E-state index is -0.382. The van der Waals surface area contributed by atoms with Gasteiger partial charge in [0.2, 0.25) is 0 Å². The molecule has 0 bridgehead atoms. The molecular formula is C18H29N5O2. The highest BCUT2D eigenvalue weighted by Crippen LogP contribution is 2.26. The van der Waals surface area contributed by atoms with Crippen LogP contribution < -0.4 is 10.6 Å². The van der Waals surface area contributed by atoms with Crippen LogP contribution in [-0.2, 0) is 29.2 Å². The zero-order valence-corrected chi connectivity index (χ0v) is 14.9. The predicted molar refractivity (Wildman–Crippen MR) is 94.0 cm³/mol. The molecule has 4 rings (SSSR count). The minimum absolute atomic E-state index is 0.0537. The summed E-state index contributed by atoms with van der Waals surface area (Å²) in [7, 11) is 0. The van der Waals surface area contributed by atoms with E-state index >= 15 is 0 Å². The maximum atomic E-state index is 12.2. The van der Waals surface area contributed by atoms with Crippen LogP contribution in [0.4, 0.5) is 0 Å². The van der Waals surface area contributed by atoms with Gasteiger partial charge in [0.15, 0.2) is 0 Å². The van der Waals surface area contributed by atoms with Crippen LogP contribution in [0.15, 0.2) is 6.07 Å².